The second-order valence-corrected chi connectivity index (χ2v) is 2.08. The zero-order valence-electron chi connectivity index (χ0n) is 6.06. The van der Waals surface area contributed by atoms with E-state index in [0.717, 1.165) is 5.69 Å². The maximum Gasteiger partial charge on any atom is 0.130 e. The first-order valence-electron chi connectivity index (χ1n) is 3.33. The molecule has 0 amide bonds. The fraction of sp³-hybridized carbons (Fsp3) is 0.500. The molecule has 0 aliphatic heterocycles. The largest absolute Gasteiger partial charge is 0.330 e. The monoisotopic (exact) mass is 151 g/mol. The molecule has 58 valence electrons. The molecule has 1 aromatic rings. The lowest BCUT2D eigenvalue weighted by molar-refractivity contribution is 0.634. The van der Waals surface area contributed by atoms with E-state index >= 15 is 0 Å². The first kappa shape index (κ1) is 7.69. The van der Waals surface area contributed by atoms with Gasteiger partial charge in [-0.2, -0.15) is 5.26 Å². The van der Waals surface area contributed by atoms with Gasteiger partial charge >= 0.3 is 0 Å². The summed E-state index contributed by atoms with van der Waals surface area (Å²) in [6, 6.07) is 1.99. The Bertz CT molecular complexity index is 258. The number of nitrogens with zero attached hydrogens (tertiary/aromatic N) is 4. The van der Waals surface area contributed by atoms with Crippen LogP contribution in [0, 0.1) is 11.3 Å². The summed E-state index contributed by atoms with van der Waals surface area (Å²) < 4.78 is 1.55. The van der Waals surface area contributed by atoms with E-state index in [9.17, 15) is 0 Å². The second-order valence-electron chi connectivity index (χ2n) is 2.08. The Balaban J connectivity index is 2.71. The Labute approximate surface area is 64.4 Å². The maximum absolute atomic E-state index is 8.36. The molecule has 0 saturated carbocycles. The summed E-state index contributed by atoms with van der Waals surface area (Å²) in [5.41, 5.74) is 6.24. The van der Waals surface area contributed by atoms with E-state index in [1.165, 1.54) is 0 Å². The van der Waals surface area contributed by atoms with E-state index in [4.69, 9.17) is 11.0 Å². The summed E-state index contributed by atoms with van der Waals surface area (Å²) in [5.74, 6) is 0. The minimum Gasteiger partial charge on any atom is -0.330 e. The van der Waals surface area contributed by atoms with Crippen LogP contribution in [0.2, 0.25) is 0 Å². The van der Waals surface area contributed by atoms with E-state index in [1.54, 1.807) is 10.9 Å². The lowest BCUT2D eigenvalue weighted by atomic mass is 10.3. The number of hydrogen-bond acceptors (Lipinski definition) is 4. The van der Waals surface area contributed by atoms with Crippen molar-refractivity contribution in [1.82, 2.24) is 15.0 Å². The van der Waals surface area contributed by atoms with E-state index in [-0.39, 0.29) is 6.54 Å². The number of nitrogens with two attached hydrogens (primary N) is 1. The quantitative estimate of drug-likeness (QED) is 0.619. The van der Waals surface area contributed by atoms with Gasteiger partial charge in [0.15, 0.2) is 0 Å². The van der Waals surface area contributed by atoms with Crippen LogP contribution in [0.4, 0.5) is 0 Å². The van der Waals surface area contributed by atoms with Crippen molar-refractivity contribution >= 4 is 0 Å². The van der Waals surface area contributed by atoms with Crippen LogP contribution in [-0.4, -0.2) is 21.5 Å². The fourth-order valence-corrected chi connectivity index (χ4v) is 0.821. The van der Waals surface area contributed by atoms with Crippen molar-refractivity contribution in [3.63, 3.8) is 0 Å². The van der Waals surface area contributed by atoms with E-state index in [2.05, 4.69) is 10.3 Å². The molecule has 2 N–H and O–H groups in total. The molecular formula is C6H9N5. The van der Waals surface area contributed by atoms with Crippen molar-refractivity contribution < 1.29 is 0 Å². The molecule has 0 fully saturated rings. The minimum atomic E-state index is 0.245. The highest BCUT2D eigenvalue weighted by molar-refractivity contribution is 4.96. The molecule has 0 unspecified atom stereocenters. The summed E-state index contributed by atoms with van der Waals surface area (Å²) in [6.45, 7) is 0.800. The van der Waals surface area contributed by atoms with Gasteiger partial charge in [0.1, 0.15) is 6.54 Å². The SMILES string of the molecule is N#CCn1nncc1CCN. The molecular weight excluding hydrogens is 142 g/mol. The first-order chi connectivity index (χ1) is 5.38. The summed E-state index contributed by atoms with van der Waals surface area (Å²) in [7, 11) is 0. The lowest BCUT2D eigenvalue weighted by Gasteiger charge is -1.97. The molecule has 5 heteroatoms. The predicted octanol–water partition coefficient (Wildman–Crippen LogP) is -0.697. The van der Waals surface area contributed by atoms with Gasteiger partial charge in [-0.25, -0.2) is 4.68 Å². The Morgan fingerprint density at radius 1 is 1.73 bits per heavy atom. The standard InChI is InChI=1S/C6H9N5/c7-2-1-6-5-9-10-11(6)4-3-8/h5H,1-2,4,7H2. The highest BCUT2D eigenvalue weighted by atomic mass is 15.4. The van der Waals surface area contributed by atoms with Gasteiger partial charge in [-0.1, -0.05) is 5.21 Å². The fourth-order valence-electron chi connectivity index (χ4n) is 0.821. The third kappa shape index (κ3) is 1.75. The van der Waals surface area contributed by atoms with Crippen molar-refractivity contribution in [1.29, 1.82) is 5.26 Å². The first-order valence-corrected chi connectivity index (χ1v) is 3.33. The number of nitriles is 1. The molecule has 0 bridgehead atoms. The molecule has 1 heterocycles. The van der Waals surface area contributed by atoms with Crippen molar-refractivity contribution in [3.05, 3.63) is 11.9 Å². The summed E-state index contributed by atoms with van der Waals surface area (Å²) in [5, 5.41) is 15.7. The zero-order chi connectivity index (χ0) is 8.10. The topological polar surface area (TPSA) is 80.5 Å². The summed E-state index contributed by atoms with van der Waals surface area (Å²) in [4.78, 5) is 0. The van der Waals surface area contributed by atoms with Crippen LogP contribution >= 0.6 is 0 Å². The molecule has 0 aliphatic carbocycles. The zero-order valence-corrected chi connectivity index (χ0v) is 6.06. The van der Waals surface area contributed by atoms with Crippen molar-refractivity contribution in [3.8, 4) is 6.07 Å². The maximum atomic E-state index is 8.36. The van der Waals surface area contributed by atoms with Crippen LogP contribution in [0.1, 0.15) is 5.69 Å². The average molecular weight is 151 g/mol. The number of rotatable bonds is 3. The van der Waals surface area contributed by atoms with Gasteiger partial charge in [-0.3, -0.25) is 0 Å². The third-order valence-electron chi connectivity index (χ3n) is 1.32. The van der Waals surface area contributed by atoms with Gasteiger partial charge in [0.25, 0.3) is 0 Å². The van der Waals surface area contributed by atoms with Gasteiger partial charge in [0, 0.05) is 6.42 Å². The van der Waals surface area contributed by atoms with Crippen molar-refractivity contribution in [2.24, 2.45) is 5.73 Å². The van der Waals surface area contributed by atoms with Gasteiger partial charge < -0.3 is 5.73 Å². The molecule has 1 rings (SSSR count). The summed E-state index contributed by atoms with van der Waals surface area (Å²) in [6.07, 6.45) is 2.35. The molecule has 0 radical (unpaired) electrons. The third-order valence-corrected chi connectivity index (χ3v) is 1.32. The van der Waals surface area contributed by atoms with Crippen LogP contribution in [0.3, 0.4) is 0 Å². The Morgan fingerprint density at radius 3 is 3.18 bits per heavy atom. The number of aromatic nitrogens is 3. The Kier molecular flexibility index (Phi) is 2.58. The van der Waals surface area contributed by atoms with Crippen LogP contribution < -0.4 is 5.73 Å². The van der Waals surface area contributed by atoms with Crippen LogP contribution in [0.5, 0.6) is 0 Å². The molecule has 5 nitrogen and oxygen atoms in total. The molecule has 0 aromatic carbocycles. The average Bonchev–Trinajstić information content (AvgIpc) is 2.39. The van der Waals surface area contributed by atoms with Crippen LogP contribution in [0.15, 0.2) is 6.20 Å². The molecule has 11 heavy (non-hydrogen) atoms. The van der Waals surface area contributed by atoms with Gasteiger partial charge in [-0.05, 0) is 6.54 Å². The Morgan fingerprint density at radius 2 is 2.55 bits per heavy atom. The van der Waals surface area contributed by atoms with E-state index < -0.39 is 0 Å². The minimum absolute atomic E-state index is 0.245. The predicted molar refractivity (Wildman–Crippen MR) is 38.4 cm³/mol. The summed E-state index contributed by atoms with van der Waals surface area (Å²) >= 11 is 0. The Hall–Kier alpha value is -1.41. The highest BCUT2D eigenvalue weighted by Crippen LogP contribution is 1.95. The van der Waals surface area contributed by atoms with E-state index in [0.29, 0.717) is 13.0 Å². The second kappa shape index (κ2) is 3.68. The van der Waals surface area contributed by atoms with Gasteiger partial charge in [0.05, 0.1) is 18.0 Å². The molecule has 1 aromatic heterocycles. The van der Waals surface area contributed by atoms with Gasteiger partial charge in [-0.15, -0.1) is 5.10 Å². The molecule has 0 saturated heterocycles. The highest BCUT2D eigenvalue weighted by Gasteiger charge is 2.00. The van der Waals surface area contributed by atoms with Crippen LogP contribution in [0.25, 0.3) is 0 Å². The lowest BCUT2D eigenvalue weighted by Crippen LogP contribution is -2.09. The smallest absolute Gasteiger partial charge is 0.130 e. The van der Waals surface area contributed by atoms with Gasteiger partial charge in [0.2, 0.25) is 0 Å². The van der Waals surface area contributed by atoms with Crippen molar-refractivity contribution in [2.45, 2.75) is 13.0 Å². The van der Waals surface area contributed by atoms with Crippen LogP contribution in [-0.2, 0) is 13.0 Å². The number of hydrogen-bond donors (Lipinski definition) is 1. The molecule has 0 aliphatic rings. The van der Waals surface area contributed by atoms with E-state index in [1.807, 2.05) is 6.07 Å². The molecule has 0 atom stereocenters. The normalized spacial score (nSPS) is 9.45. The van der Waals surface area contributed by atoms with Crippen molar-refractivity contribution in [2.75, 3.05) is 6.54 Å². The molecule has 0 spiro atoms.